The van der Waals surface area contributed by atoms with Crippen LogP contribution in [-0.4, -0.2) is 51.5 Å². The van der Waals surface area contributed by atoms with Crippen LogP contribution in [0.5, 0.6) is 0 Å². The smallest absolute Gasteiger partial charge is 0.164 e. The first-order chi connectivity index (χ1) is 8.19. The number of rotatable bonds is 4. The lowest BCUT2D eigenvalue weighted by Crippen LogP contribution is -2.47. The van der Waals surface area contributed by atoms with E-state index in [1.54, 1.807) is 6.33 Å². The summed E-state index contributed by atoms with van der Waals surface area (Å²) in [6.45, 7) is 8.32. The van der Waals surface area contributed by atoms with Gasteiger partial charge >= 0.3 is 0 Å². The molecule has 1 aliphatic heterocycles. The topological polar surface area (TPSA) is 69.2 Å². The van der Waals surface area contributed by atoms with Crippen molar-refractivity contribution in [2.45, 2.75) is 39.1 Å². The Balaban J connectivity index is 1.90. The Morgan fingerprint density at radius 2 is 2.41 bits per heavy atom. The summed E-state index contributed by atoms with van der Waals surface area (Å²) in [4.78, 5) is 6.54. The van der Waals surface area contributed by atoms with Crippen molar-refractivity contribution in [2.24, 2.45) is 5.73 Å². The minimum atomic E-state index is 0.193. The lowest BCUT2D eigenvalue weighted by atomic mass is 10.2. The average Bonchev–Trinajstić information content (AvgIpc) is 2.77. The number of aromatic nitrogens is 3. The Kier molecular flexibility index (Phi) is 4.09. The molecule has 96 valence electrons. The molecule has 0 aliphatic carbocycles. The van der Waals surface area contributed by atoms with Crippen LogP contribution in [0.25, 0.3) is 0 Å². The quantitative estimate of drug-likeness (QED) is 0.791. The summed E-state index contributed by atoms with van der Waals surface area (Å²) in [6, 6.07) is 0.566. The SMILES string of the molecule is CC(C)N1CCOC(Cn2cnc(CN)n2)C1. The first-order valence-corrected chi connectivity index (χ1v) is 6.13. The van der Waals surface area contributed by atoms with Gasteiger partial charge in [0.2, 0.25) is 0 Å². The predicted molar refractivity (Wildman–Crippen MR) is 64.4 cm³/mol. The molecule has 0 spiro atoms. The van der Waals surface area contributed by atoms with Gasteiger partial charge in [0.25, 0.3) is 0 Å². The summed E-state index contributed by atoms with van der Waals surface area (Å²) < 4.78 is 7.56. The third kappa shape index (κ3) is 3.24. The van der Waals surface area contributed by atoms with E-state index in [1.807, 2.05) is 4.68 Å². The number of nitrogens with zero attached hydrogens (tertiary/aromatic N) is 4. The summed E-state index contributed by atoms with van der Waals surface area (Å²) in [5, 5.41) is 4.27. The van der Waals surface area contributed by atoms with Crippen molar-refractivity contribution >= 4 is 0 Å². The number of nitrogens with two attached hydrogens (primary N) is 1. The molecule has 17 heavy (non-hydrogen) atoms. The summed E-state index contributed by atoms with van der Waals surface area (Å²) in [5.41, 5.74) is 5.48. The Labute approximate surface area is 102 Å². The Bertz CT molecular complexity index is 351. The fourth-order valence-corrected chi connectivity index (χ4v) is 2.04. The van der Waals surface area contributed by atoms with Crippen molar-refractivity contribution in [1.29, 1.82) is 0 Å². The second-order valence-corrected chi connectivity index (χ2v) is 4.67. The van der Waals surface area contributed by atoms with Gasteiger partial charge < -0.3 is 10.5 Å². The maximum atomic E-state index is 5.74. The molecule has 2 heterocycles. The molecule has 0 amide bonds. The van der Waals surface area contributed by atoms with E-state index in [2.05, 4.69) is 28.8 Å². The number of morpholine rings is 1. The summed E-state index contributed by atoms with van der Waals surface area (Å²) >= 11 is 0. The van der Waals surface area contributed by atoms with Gasteiger partial charge in [-0.05, 0) is 13.8 Å². The van der Waals surface area contributed by atoms with Gasteiger partial charge in [-0.15, -0.1) is 0 Å². The Morgan fingerprint density at radius 1 is 1.59 bits per heavy atom. The predicted octanol–water partition coefficient (Wildman–Crippen LogP) is -0.154. The Hall–Kier alpha value is -0.980. The molecule has 1 aromatic heterocycles. The molecule has 1 unspecified atom stereocenters. The molecule has 1 aliphatic rings. The molecule has 2 N–H and O–H groups in total. The van der Waals surface area contributed by atoms with E-state index in [0.29, 0.717) is 18.4 Å². The highest BCUT2D eigenvalue weighted by atomic mass is 16.5. The maximum absolute atomic E-state index is 5.74. The third-order valence-corrected chi connectivity index (χ3v) is 3.06. The zero-order valence-electron chi connectivity index (χ0n) is 10.5. The first-order valence-electron chi connectivity index (χ1n) is 6.13. The van der Waals surface area contributed by atoms with E-state index in [9.17, 15) is 0 Å². The summed E-state index contributed by atoms with van der Waals surface area (Å²) in [5.74, 6) is 0.682. The molecule has 2 rings (SSSR count). The Morgan fingerprint density at radius 3 is 3.06 bits per heavy atom. The molecular weight excluding hydrogens is 218 g/mol. The molecule has 1 atom stereocenters. The van der Waals surface area contributed by atoms with Crippen LogP contribution < -0.4 is 5.73 Å². The largest absolute Gasteiger partial charge is 0.374 e. The van der Waals surface area contributed by atoms with E-state index < -0.39 is 0 Å². The monoisotopic (exact) mass is 239 g/mol. The first kappa shape index (κ1) is 12.5. The van der Waals surface area contributed by atoms with Gasteiger partial charge in [0.05, 0.1) is 25.8 Å². The highest BCUT2D eigenvalue weighted by Crippen LogP contribution is 2.10. The number of hydrogen-bond acceptors (Lipinski definition) is 5. The van der Waals surface area contributed by atoms with Crippen LogP contribution in [0.3, 0.4) is 0 Å². The second-order valence-electron chi connectivity index (χ2n) is 4.67. The normalized spacial score (nSPS) is 22.2. The van der Waals surface area contributed by atoms with E-state index >= 15 is 0 Å². The molecule has 0 bridgehead atoms. The fourth-order valence-electron chi connectivity index (χ4n) is 2.04. The van der Waals surface area contributed by atoms with Crippen LogP contribution in [0.1, 0.15) is 19.7 Å². The number of hydrogen-bond donors (Lipinski definition) is 1. The summed E-state index contributed by atoms with van der Waals surface area (Å²) in [6.07, 6.45) is 1.92. The van der Waals surface area contributed by atoms with Crippen LogP contribution in [0.4, 0.5) is 0 Å². The average molecular weight is 239 g/mol. The van der Waals surface area contributed by atoms with Crippen molar-refractivity contribution in [1.82, 2.24) is 19.7 Å². The van der Waals surface area contributed by atoms with Gasteiger partial charge in [-0.25, -0.2) is 9.67 Å². The van der Waals surface area contributed by atoms with Crippen molar-refractivity contribution in [3.63, 3.8) is 0 Å². The van der Waals surface area contributed by atoms with Gasteiger partial charge in [0, 0.05) is 19.1 Å². The standard InChI is InChI=1S/C11H21N5O/c1-9(2)15-3-4-17-10(6-15)7-16-8-13-11(5-12)14-16/h8-10H,3-7,12H2,1-2H3. The molecule has 1 saturated heterocycles. The van der Waals surface area contributed by atoms with E-state index in [1.165, 1.54) is 0 Å². The summed E-state index contributed by atoms with van der Waals surface area (Å²) in [7, 11) is 0. The van der Waals surface area contributed by atoms with Crippen LogP contribution >= 0.6 is 0 Å². The van der Waals surface area contributed by atoms with Gasteiger partial charge in [0.15, 0.2) is 5.82 Å². The van der Waals surface area contributed by atoms with E-state index in [0.717, 1.165) is 26.2 Å². The van der Waals surface area contributed by atoms with Gasteiger partial charge in [0.1, 0.15) is 6.33 Å². The molecule has 6 heteroatoms. The molecule has 0 saturated carbocycles. The minimum Gasteiger partial charge on any atom is -0.374 e. The molecule has 1 aromatic rings. The maximum Gasteiger partial charge on any atom is 0.164 e. The van der Waals surface area contributed by atoms with Gasteiger partial charge in [-0.1, -0.05) is 0 Å². The van der Waals surface area contributed by atoms with Crippen molar-refractivity contribution in [3.8, 4) is 0 Å². The van der Waals surface area contributed by atoms with Crippen LogP contribution in [0.15, 0.2) is 6.33 Å². The van der Waals surface area contributed by atoms with Gasteiger partial charge in [-0.2, -0.15) is 5.10 Å². The molecule has 6 nitrogen and oxygen atoms in total. The molecule has 1 fully saturated rings. The fraction of sp³-hybridized carbons (Fsp3) is 0.818. The minimum absolute atomic E-state index is 0.193. The molecule has 0 radical (unpaired) electrons. The lowest BCUT2D eigenvalue weighted by Gasteiger charge is -2.35. The van der Waals surface area contributed by atoms with Crippen molar-refractivity contribution in [2.75, 3.05) is 19.7 Å². The highest BCUT2D eigenvalue weighted by molar-refractivity contribution is 4.81. The zero-order valence-corrected chi connectivity index (χ0v) is 10.5. The van der Waals surface area contributed by atoms with Crippen molar-refractivity contribution < 1.29 is 4.74 Å². The van der Waals surface area contributed by atoms with Crippen LogP contribution in [-0.2, 0) is 17.8 Å². The van der Waals surface area contributed by atoms with Crippen molar-refractivity contribution in [3.05, 3.63) is 12.2 Å². The third-order valence-electron chi connectivity index (χ3n) is 3.06. The van der Waals surface area contributed by atoms with Gasteiger partial charge in [-0.3, -0.25) is 4.90 Å². The second kappa shape index (κ2) is 5.57. The van der Waals surface area contributed by atoms with E-state index in [4.69, 9.17) is 10.5 Å². The zero-order chi connectivity index (χ0) is 12.3. The molecule has 0 aromatic carbocycles. The van der Waals surface area contributed by atoms with Crippen LogP contribution in [0.2, 0.25) is 0 Å². The van der Waals surface area contributed by atoms with Crippen LogP contribution in [0, 0.1) is 0 Å². The lowest BCUT2D eigenvalue weighted by molar-refractivity contribution is -0.0470. The van der Waals surface area contributed by atoms with E-state index in [-0.39, 0.29) is 6.10 Å². The molecular formula is C11H21N5O. The number of ether oxygens (including phenoxy) is 1. The highest BCUT2D eigenvalue weighted by Gasteiger charge is 2.22.